The number of benzene rings is 2. The number of hydrogen-bond donors (Lipinski definition) is 1. The second-order valence-corrected chi connectivity index (χ2v) is 8.56. The van der Waals surface area contributed by atoms with Crippen LogP contribution < -0.4 is 5.32 Å². The van der Waals surface area contributed by atoms with Crippen LogP contribution in [0.5, 0.6) is 0 Å². The summed E-state index contributed by atoms with van der Waals surface area (Å²) in [5.41, 5.74) is 2.01. The first-order chi connectivity index (χ1) is 14.6. The minimum atomic E-state index is -0.886. The van der Waals surface area contributed by atoms with Crippen molar-refractivity contribution in [2.75, 3.05) is 18.5 Å². The molecule has 1 atom stereocenters. The van der Waals surface area contributed by atoms with Gasteiger partial charge in [0, 0.05) is 41.9 Å². The number of rotatable bonds is 6. The van der Waals surface area contributed by atoms with Crippen LogP contribution in [-0.2, 0) is 20.1 Å². The van der Waals surface area contributed by atoms with Crippen molar-refractivity contribution < 1.29 is 23.1 Å². The van der Waals surface area contributed by atoms with E-state index in [1.54, 1.807) is 0 Å². The summed E-state index contributed by atoms with van der Waals surface area (Å²) in [5.74, 6) is -0.688. The molecule has 2 heterocycles. The van der Waals surface area contributed by atoms with E-state index in [-0.39, 0.29) is 23.6 Å². The molecule has 30 heavy (non-hydrogen) atoms. The molecule has 0 aromatic heterocycles. The summed E-state index contributed by atoms with van der Waals surface area (Å²) in [6.45, 7) is 1.64. The van der Waals surface area contributed by atoms with Gasteiger partial charge in [0.05, 0.1) is 5.71 Å². The smallest absolute Gasteiger partial charge is 0.268 e. The summed E-state index contributed by atoms with van der Waals surface area (Å²) >= 11 is 1.90. The van der Waals surface area contributed by atoms with Gasteiger partial charge in [0.1, 0.15) is 11.6 Å². The largest absolute Gasteiger partial charge is 0.382 e. The van der Waals surface area contributed by atoms with E-state index < -0.39 is 17.7 Å². The lowest BCUT2D eigenvalue weighted by molar-refractivity contribution is -0.125. The summed E-state index contributed by atoms with van der Waals surface area (Å²) in [7, 11) is 0. The third kappa shape index (κ3) is 5.17. The highest BCUT2D eigenvalue weighted by atomic mass is 32.2. The number of halogens is 2. The van der Waals surface area contributed by atoms with Gasteiger partial charge in [-0.15, -0.1) is 0 Å². The number of carbonyl (C=O) groups is 1. The van der Waals surface area contributed by atoms with Gasteiger partial charge in [-0.05, 0) is 48.7 Å². The molecule has 1 N–H and O–H groups in total. The van der Waals surface area contributed by atoms with Crippen LogP contribution in [0.1, 0.15) is 30.4 Å². The average molecular weight is 432 g/mol. The molecule has 0 saturated carbocycles. The van der Waals surface area contributed by atoms with Crippen LogP contribution in [0.3, 0.4) is 0 Å². The van der Waals surface area contributed by atoms with Gasteiger partial charge < -0.3 is 14.9 Å². The molecule has 8 heteroatoms. The van der Waals surface area contributed by atoms with E-state index >= 15 is 0 Å². The van der Waals surface area contributed by atoms with Crippen molar-refractivity contribution in [2.45, 2.75) is 36.4 Å². The Morgan fingerprint density at radius 2 is 2.00 bits per heavy atom. The van der Waals surface area contributed by atoms with Crippen molar-refractivity contribution in [1.82, 2.24) is 0 Å². The van der Waals surface area contributed by atoms with Gasteiger partial charge in [-0.1, -0.05) is 17.3 Å². The zero-order valence-electron chi connectivity index (χ0n) is 16.3. The zero-order valence-corrected chi connectivity index (χ0v) is 17.1. The van der Waals surface area contributed by atoms with Crippen LogP contribution in [0.25, 0.3) is 0 Å². The standard InChI is InChI=1S/C22H22F2N2O3S/c23-15-4-5-19(24)18(11-15)20-12-21(29-26-20)22(27)25-16-3-1-2-14(10-16)13-30-17-6-8-28-9-7-17/h1-5,10-11,17,21H,6-9,12-13H2,(H,25,27). The zero-order chi connectivity index (χ0) is 20.9. The molecule has 1 fully saturated rings. The summed E-state index contributed by atoms with van der Waals surface area (Å²) in [6, 6.07) is 10.8. The Bertz CT molecular complexity index is 948. The number of nitrogens with one attached hydrogen (secondary N) is 1. The van der Waals surface area contributed by atoms with Gasteiger partial charge in [0.15, 0.2) is 0 Å². The summed E-state index contributed by atoms with van der Waals surface area (Å²) in [4.78, 5) is 17.7. The van der Waals surface area contributed by atoms with Gasteiger partial charge in [0.25, 0.3) is 5.91 Å². The van der Waals surface area contributed by atoms with E-state index in [0.29, 0.717) is 10.9 Å². The molecule has 158 valence electrons. The summed E-state index contributed by atoms with van der Waals surface area (Å²) in [5, 5.41) is 7.21. The predicted octanol–water partition coefficient (Wildman–Crippen LogP) is 4.51. The Morgan fingerprint density at radius 3 is 2.83 bits per heavy atom. The molecule has 0 aliphatic carbocycles. The average Bonchev–Trinajstić information content (AvgIpc) is 3.25. The molecular formula is C22H22F2N2O3S. The first-order valence-electron chi connectivity index (χ1n) is 9.86. The highest BCUT2D eigenvalue weighted by molar-refractivity contribution is 7.99. The van der Waals surface area contributed by atoms with Crippen LogP contribution >= 0.6 is 11.8 Å². The molecule has 1 saturated heterocycles. The first-order valence-corrected chi connectivity index (χ1v) is 10.9. The van der Waals surface area contributed by atoms with Gasteiger partial charge in [-0.3, -0.25) is 4.79 Å². The number of anilines is 1. The highest BCUT2D eigenvalue weighted by Gasteiger charge is 2.30. The number of ether oxygens (including phenoxy) is 1. The van der Waals surface area contributed by atoms with E-state index in [2.05, 4.69) is 10.5 Å². The van der Waals surface area contributed by atoms with Crippen molar-refractivity contribution >= 4 is 29.1 Å². The monoisotopic (exact) mass is 432 g/mol. The number of carbonyl (C=O) groups excluding carboxylic acids is 1. The quantitative estimate of drug-likeness (QED) is 0.730. The van der Waals surface area contributed by atoms with Crippen LogP contribution in [0.2, 0.25) is 0 Å². The molecule has 2 aromatic rings. The third-order valence-electron chi connectivity index (χ3n) is 5.05. The fraction of sp³-hybridized carbons (Fsp3) is 0.364. The maximum absolute atomic E-state index is 13.9. The van der Waals surface area contributed by atoms with E-state index in [1.165, 1.54) is 0 Å². The molecule has 2 aliphatic rings. The molecule has 2 aromatic carbocycles. The van der Waals surface area contributed by atoms with Crippen molar-refractivity contribution in [3.8, 4) is 0 Å². The molecule has 5 nitrogen and oxygen atoms in total. The Hall–Kier alpha value is -2.45. The SMILES string of the molecule is O=C(Nc1cccc(CSC2CCOCC2)c1)C1CC(c2cc(F)ccc2F)=NO1. The third-order valence-corrected chi connectivity index (χ3v) is 6.49. The molecule has 4 rings (SSSR count). The molecule has 2 aliphatic heterocycles. The molecular weight excluding hydrogens is 410 g/mol. The molecule has 0 bridgehead atoms. The lowest BCUT2D eigenvalue weighted by Crippen LogP contribution is -2.28. The number of oxime groups is 1. The molecule has 1 amide bonds. The van der Waals surface area contributed by atoms with E-state index in [0.717, 1.165) is 55.6 Å². The second-order valence-electron chi connectivity index (χ2n) is 7.27. The minimum Gasteiger partial charge on any atom is -0.382 e. The lowest BCUT2D eigenvalue weighted by atomic mass is 10.0. The Balaban J connectivity index is 1.32. The van der Waals surface area contributed by atoms with Crippen LogP contribution in [0.15, 0.2) is 47.6 Å². The number of hydrogen-bond acceptors (Lipinski definition) is 5. The fourth-order valence-corrected chi connectivity index (χ4v) is 4.55. The van der Waals surface area contributed by atoms with E-state index in [4.69, 9.17) is 9.57 Å². The van der Waals surface area contributed by atoms with Gasteiger partial charge in [0.2, 0.25) is 6.10 Å². The normalized spacial score (nSPS) is 19.3. The van der Waals surface area contributed by atoms with Crippen molar-refractivity contribution in [2.24, 2.45) is 5.16 Å². The highest BCUT2D eigenvalue weighted by Crippen LogP contribution is 2.27. The Kier molecular flexibility index (Phi) is 6.64. The maximum atomic E-state index is 13.9. The van der Waals surface area contributed by atoms with Crippen molar-refractivity contribution in [3.05, 3.63) is 65.2 Å². The van der Waals surface area contributed by atoms with Gasteiger partial charge in [-0.2, -0.15) is 11.8 Å². The number of nitrogens with zero attached hydrogens (tertiary/aromatic N) is 1. The summed E-state index contributed by atoms with van der Waals surface area (Å²) in [6.07, 6.45) is 1.32. The number of amides is 1. The maximum Gasteiger partial charge on any atom is 0.268 e. The first kappa shape index (κ1) is 20.8. The topological polar surface area (TPSA) is 59.9 Å². The van der Waals surface area contributed by atoms with Crippen LogP contribution in [0, 0.1) is 11.6 Å². The fourth-order valence-electron chi connectivity index (χ4n) is 3.41. The van der Waals surface area contributed by atoms with Crippen LogP contribution in [0.4, 0.5) is 14.5 Å². The van der Waals surface area contributed by atoms with E-state index in [1.807, 2.05) is 36.0 Å². The molecule has 0 radical (unpaired) electrons. The summed E-state index contributed by atoms with van der Waals surface area (Å²) < 4.78 is 32.7. The lowest BCUT2D eigenvalue weighted by Gasteiger charge is -2.21. The second kappa shape index (κ2) is 9.57. The number of thioether (sulfide) groups is 1. The Labute approximate surface area is 177 Å². The van der Waals surface area contributed by atoms with Crippen molar-refractivity contribution in [3.63, 3.8) is 0 Å². The van der Waals surface area contributed by atoms with Crippen molar-refractivity contribution in [1.29, 1.82) is 0 Å². The van der Waals surface area contributed by atoms with Crippen LogP contribution in [-0.4, -0.2) is 36.2 Å². The van der Waals surface area contributed by atoms with E-state index in [9.17, 15) is 13.6 Å². The molecule has 0 spiro atoms. The Morgan fingerprint density at radius 1 is 1.17 bits per heavy atom. The van der Waals surface area contributed by atoms with Gasteiger partial charge >= 0.3 is 0 Å². The van der Waals surface area contributed by atoms with Gasteiger partial charge in [-0.25, -0.2) is 8.78 Å². The minimum absolute atomic E-state index is 0.0115. The predicted molar refractivity (Wildman–Crippen MR) is 113 cm³/mol. The molecule has 1 unspecified atom stereocenters.